The first-order valence-corrected chi connectivity index (χ1v) is 12.4. The lowest BCUT2D eigenvalue weighted by Crippen LogP contribution is -2.45. The van der Waals surface area contributed by atoms with Crippen LogP contribution in [0.25, 0.3) is 10.8 Å². The fourth-order valence-electron chi connectivity index (χ4n) is 3.94. The summed E-state index contributed by atoms with van der Waals surface area (Å²) in [5.41, 5.74) is 2.34. The first kappa shape index (κ1) is 25.6. The monoisotopic (exact) mass is 494 g/mol. The Morgan fingerprint density at radius 3 is 2.19 bits per heavy atom. The highest BCUT2D eigenvalue weighted by Gasteiger charge is 2.22. The lowest BCUT2D eigenvalue weighted by atomic mass is 10.0. The predicted octanol–water partition coefficient (Wildman–Crippen LogP) is 5.78. The summed E-state index contributed by atoms with van der Waals surface area (Å²) >= 11 is 0. The maximum atomic E-state index is 13.3. The largest absolute Gasteiger partial charge is 0.462 e. The number of hydrogen-bond donors (Lipinski definition) is 2. The molecular weight excluding hydrogens is 464 g/mol. The van der Waals surface area contributed by atoms with Crippen molar-refractivity contribution in [1.82, 2.24) is 5.32 Å². The Balaban J connectivity index is 1.47. The first-order chi connectivity index (χ1) is 18.0. The quantitative estimate of drug-likeness (QED) is 0.216. The van der Waals surface area contributed by atoms with Gasteiger partial charge in [0.15, 0.2) is 0 Å². The van der Waals surface area contributed by atoms with Gasteiger partial charge in [-0.25, -0.2) is 4.79 Å². The van der Waals surface area contributed by atoms with Gasteiger partial charge in [-0.3, -0.25) is 9.59 Å². The molecule has 0 aromatic heterocycles. The van der Waals surface area contributed by atoms with Gasteiger partial charge in [-0.2, -0.15) is 0 Å². The van der Waals surface area contributed by atoms with Crippen LogP contribution in [0.1, 0.15) is 46.0 Å². The molecule has 0 bridgehead atoms. The Labute approximate surface area is 216 Å². The zero-order chi connectivity index (χ0) is 26.0. The summed E-state index contributed by atoms with van der Waals surface area (Å²) < 4.78 is 5.23. The van der Waals surface area contributed by atoms with E-state index in [1.54, 1.807) is 30.3 Å². The van der Waals surface area contributed by atoms with E-state index in [0.717, 1.165) is 29.2 Å². The van der Waals surface area contributed by atoms with E-state index in [4.69, 9.17) is 4.74 Å². The highest BCUT2D eigenvalue weighted by atomic mass is 16.5. The van der Waals surface area contributed by atoms with E-state index in [-0.39, 0.29) is 11.8 Å². The summed E-state index contributed by atoms with van der Waals surface area (Å²) in [6.45, 7) is 2.41. The maximum Gasteiger partial charge on any atom is 0.338 e. The summed E-state index contributed by atoms with van der Waals surface area (Å²) in [4.78, 5) is 38.5. The molecule has 0 fully saturated rings. The van der Waals surface area contributed by atoms with Crippen LogP contribution in [-0.4, -0.2) is 30.4 Å². The third kappa shape index (κ3) is 7.04. The summed E-state index contributed by atoms with van der Waals surface area (Å²) in [6.07, 6.45) is 2.08. The van der Waals surface area contributed by atoms with Crippen molar-refractivity contribution in [3.8, 4) is 0 Å². The highest BCUT2D eigenvalue weighted by Crippen LogP contribution is 2.17. The highest BCUT2D eigenvalue weighted by molar-refractivity contribution is 6.03. The van der Waals surface area contributed by atoms with Crippen molar-refractivity contribution in [2.45, 2.75) is 32.2 Å². The number of benzene rings is 4. The van der Waals surface area contributed by atoms with E-state index in [1.807, 2.05) is 73.7 Å². The van der Waals surface area contributed by atoms with Gasteiger partial charge in [0.05, 0.1) is 12.2 Å². The zero-order valence-corrected chi connectivity index (χ0v) is 20.8. The number of nitrogens with one attached hydrogen (secondary N) is 2. The summed E-state index contributed by atoms with van der Waals surface area (Å²) in [5.74, 6) is -1.07. The van der Waals surface area contributed by atoms with E-state index in [1.165, 1.54) is 0 Å². The van der Waals surface area contributed by atoms with Gasteiger partial charge in [0.25, 0.3) is 5.91 Å². The van der Waals surface area contributed by atoms with Crippen LogP contribution >= 0.6 is 0 Å². The SMILES string of the molecule is CCCCOC(=O)c1ccc(NC(=O)C(Cc2ccccc2)NC(=O)c2ccc3ccccc3c2)cc1. The molecule has 0 heterocycles. The fraction of sp³-hybridized carbons (Fsp3) is 0.194. The summed E-state index contributed by atoms with van der Waals surface area (Å²) in [5, 5.41) is 7.75. The Morgan fingerprint density at radius 2 is 1.46 bits per heavy atom. The zero-order valence-electron chi connectivity index (χ0n) is 20.8. The van der Waals surface area contributed by atoms with Gasteiger partial charge in [-0.1, -0.05) is 74.0 Å². The number of rotatable bonds is 10. The molecule has 2 N–H and O–H groups in total. The molecule has 4 aromatic rings. The van der Waals surface area contributed by atoms with Gasteiger partial charge in [0.2, 0.25) is 5.91 Å². The molecular formula is C31H30N2O4. The van der Waals surface area contributed by atoms with E-state index >= 15 is 0 Å². The number of carbonyl (C=O) groups is 3. The molecule has 0 aliphatic rings. The van der Waals surface area contributed by atoms with E-state index in [2.05, 4.69) is 10.6 Å². The number of esters is 1. The lowest BCUT2D eigenvalue weighted by molar-refractivity contribution is -0.118. The van der Waals surface area contributed by atoms with E-state index in [9.17, 15) is 14.4 Å². The summed E-state index contributed by atoms with van der Waals surface area (Å²) in [6, 6.07) is 28.5. The van der Waals surface area contributed by atoms with Gasteiger partial charge >= 0.3 is 5.97 Å². The second-order valence-electron chi connectivity index (χ2n) is 8.83. The Bertz CT molecular complexity index is 1370. The molecule has 1 unspecified atom stereocenters. The number of unbranched alkanes of at least 4 members (excludes halogenated alkanes) is 1. The lowest BCUT2D eigenvalue weighted by Gasteiger charge is -2.19. The van der Waals surface area contributed by atoms with Gasteiger partial charge in [-0.15, -0.1) is 0 Å². The third-order valence-corrected chi connectivity index (χ3v) is 6.04. The van der Waals surface area contributed by atoms with Crippen LogP contribution in [-0.2, 0) is 16.0 Å². The number of amides is 2. The Kier molecular flexibility index (Phi) is 8.66. The molecule has 4 rings (SSSR count). The number of ether oxygens (including phenoxy) is 1. The molecule has 0 aliphatic carbocycles. The maximum absolute atomic E-state index is 13.3. The molecule has 4 aromatic carbocycles. The Hall–Kier alpha value is -4.45. The average Bonchev–Trinajstić information content (AvgIpc) is 2.93. The van der Waals surface area contributed by atoms with Crippen LogP contribution in [0, 0.1) is 0 Å². The number of anilines is 1. The normalized spacial score (nSPS) is 11.5. The minimum Gasteiger partial charge on any atom is -0.462 e. The molecule has 0 radical (unpaired) electrons. The fourth-order valence-corrected chi connectivity index (χ4v) is 3.94. The van der Waals surface area contributed by atoms with Gasteiger partial charge in [-0.05, 0) is 59.2 Å². The van der Waals surface area contributed by atoms with Crippen LogP contribution in [0.2, 0.25) is 0 Å². The van der Waals surface area contributed by atoms with Crippen molar-refractivity contribution in [3.63, 3.8) is 0 Å². The van der Waals surface area contributed by atoms with Crippen molar-refractivity contribution in [1.29, 1.82) is 0 Å². The summed E-state index contributed by atoms with van der Waals surface area (Å²) in [7, 11) is 0. The topological polar surface area (TPSA) is 84.5 Å². The molecule has 6 nitrogen and oxygen atoms in total. The van der Waals surface area contributed by atoms with Crippen molar-refractivity contribution < 1.29 is 19.1 Å². The van der Waals surface area contributed by atoms with Crippen LogP contribution in [0.4, 0.5) is 5.69 Å². The molecule has 0 saturated carbocycles. The minimum atomic E-state index is -0.806. The second-order valence-corrected chi connectivity index (χ2v) is 8.83. The van der Waals surface area contributed by atoms with E-state index in [0.29, 0.717) is 29.8 Å². The van der Waals surface area contributed by atoms with Gasteiger partial charge in [0.1, 0.15) is 6.04 Å². The molecule has 0 spiro atoms. The van der Waals surface area contributed by atoms with Gasteiger partial charge < -0.3 is 15.4 Å². The molecule has 1 atom stereocenters. The van der Waals surface area contributed by atoms with E-state index < -0.39 is 12.0 Å². The number of hydrogen-bond acceptors (Lipinski definition) is 4. The average molecular weight is 495 g/mol. The standard InChI is InChI=1S/C31H30N2O4/c1-2-3-19-37-31(36)24-15-17-27(18-16-24)32-30(35)28(20-22-9-5-4-6-10-22)33-29(34)26-14-13-23-11-7-8-12-25(23)21-26/h4-18,21,28H,2-3,19-20H2,1H3,(H,32,35)(H,33,34). The van der Waals surface area contributed by atoms with Crippen molar-refractivity contribution in [3.05, 3.63) is 114 Å². The first-order valence-electron chi connectivity index (χ1n) is 12.4. The predicted molar refractivity (Wildman–Crippen MR) is 146 cm³/mol. The van der Waals surface area contributed by atoms with Gasteiger partial charge in [0, 0.05) is 17.7 Å². The van der Waals surface area contributed by atoms with Crippen LogP contribution in [0.5, 0.6) is 0 Å². The molecule has 0 aliphatic heterocycles. The molecule has 37 heavy (non-hydrogen) atoms. The smallest absolute Gasteiger partial charge is 0.338 e. The van der Waals surface area contributed by atoms with Crippen LogP contribution < -0.4 is 10.6 Å². The van der Waals surface area contributed by atoms with Crippen LogP contribution in [0.3, 0.4) is 0 Å². The Morgan fingerprint density at radius 1 is 0.784 bits per heavy atom. The second kappa shape index (κ2) is 12.5. The minimum absolute atomic E-state index is 0.327. The van der Waals surface area contributed by atoms with Crippen LogP contribution in [0.15, 0.2) is 97.1 Å². The molecule has 2 amide bonds. The van der Waals surface area contributed by atoms with Crippen molar-refractivity contribution in [2.24, 2.45) is 0 Å². The molecule has 6 heteroatoms. The molecule has 188 valence electrons. The van der Waals surface area contributed by atoms with Crippen molar-refractivity contribution in [2.75, 3.05) is 11.9 Å². The number of carbonyl (C=O) groups excluding carboxylic acids is 3. The third-order valence-electron chi connectivity index (χ3n) is 6.04. The number of fused-ring (bicyclic) bond motifs is 1. The molecule has 0 saturated heterocycles. The van der Waals surface area contributed by atoms with Crippen molar-refractivity contribution >= 4 is 34.2 Å².